The Morgan fingerprint density at radius 1 is 0.245 bits per heavy atom. The van der Waals surface area contributed by atoms with Crippen molar-refractivity contribution in [2.24, 2.45) is 22.0 Å². The quantitative estimate of drug-likeness (QED) is 0.0588. The van der Waals surface area contributed by atoms with E-state index in [4.69, 9.17) is 5.73 Å². The van der Waals surface area contributed by atoms with Gasteiger partial charge in [-0.15, -0.1) is 0 Å². The molecule has 9 nitrogen and oxygen atoms in total. The zero-order valence-corrected chi connectivity index (χ0v) is 71.2. The Morgan fingerprint density at radius 2 is 0.431 bits per heavy atom. The summed E-state index contributed by atoms with van der Waals surface area (Å²) in [6.45, 7) is 31.9. The summed E-state index contributed by atoms with van der Waals surface area (Å²) in [7, 11) is 0. The van der Waals surface area contributed by atoms with Crippen molar-refractivity contribution >= 4 is 17.7 Å². The molecule has 9 heteroatoms. The first-order valence-corrected chi connectivity index (χ1v) is 46.8. The van der Waals surface area contributed by atoms with Crippen LogP contribution in [0.3, 0.4) is 0 Å². The van der Waals surface area contributed by atoms with Gasteiger partial charge in [0, 0.05) is 35.9 Å². The van der Waals surface area contributed by atoms with Crippen LogP contribution >= 0.6 is 0 Å². The standard InChI is InChI=1S/C93H186N6O3/c1-10-16-22-28-34-40-46-52-58-64-74-96(75-65-59-53-47-41-35-29-23-17-11-2)80-70-73-95-89(101)92(8)85-91(7,88(94)100)86-93(9,87-92)90(102)99(83-71-81-97(76-66-60-54-48-42-36-30-24-18-12-3)77-67-61-55-49-43-37-31-25-19-13-4)84-72-82-98(78-68-62-56-50-44-38-32-26-20-14-5)79-69-63-57-51-45-39-33-27-21-15-6/h10-87H2,1-9H3,(H2,94,100)(H,95,101). The maximum atomic E-state index is 16.0. The summed E-state index contributed by atoms with van der Waals surface area (Å²) in [5.74, 6) is -0.263. The van der Waals surface area contributed by atoms with Crippen molar-refractivity contribution in [1.29, 1.82) is 0 Å². The smallest absolute Gasteiger partial charge is 0.228 e. The highest BCUT2D eigenvalue weighted by Crippen LogP contribution is 2.55. The van der Waals surface area contributed by atoms with E-state index in [0.29, 0.717) is 38.9 Å². The molecular weight excluding hydrogens is 1250 g/mol. The van der Waals surface area contributed by atoms with E-state index in [1.54, 1.807) is 0 Å². The molecule has 3 amide bonds. The second-order valence-electron chi connectivity index (χ2n) is 34.8. The maximum Gasteiger partial charge on any atom is 0.228 e. The third kappa shape index (κ3) is 55.7. The number of carbonyl (C=O) groups is 3. The van der Waals surface area contributed by atoms with E-state index < -0.39 is 16.2 Å². The van der Waals surface area contributed by atoms with Crippen LogP contribution in [0.5, 0.6) is 0 Å². The number of nitrogens with one attached hydrogen (secondary N) is 1. The van der Waals surface area contributed by atoms with E-state index in [1.807, 2.05) is 6.92 Å². The van der Waals surface area contributed by atoms with Gasteiger partial charge in [-0.2, -0.15) is 0 Å². The number of amides is 3. The normalized spacial score (nSPS) is 17.1. The minimum Gasteiger partial charge on any atom is -0.369 e. The van der Waals surface area contributed by atoms with Crippen LogP contribution in [-0.2, 0) is 14.4 Å². The van der Waals surface area contributed by atoms with Crippen LogP contribution in [0.1, 0.15) is 486 Å². The second kappa shape index (κ2) is 70.9. The molecule has 102 heavy (non-hydrogen) atoms. The molecule has 1 fully saturated rings. The van der Waals surface area contributed by atoms with Gasteiger partial charge in [0.2, 0.25) is 17.7 Å². The molecule has 3 atom stereocenters. The van der Waals surface area contributed by atoms with Crippen molar-refractivity contribution in [1.82, 2.24) is 24.9 Å². The van der Waals surface area contributed by atoms with E-state index in [-0.39, 0.29) is 17.7 Å². The van der Waals surface area contributed by atoms with E-state index in [2.05, 4.69) is 80.3 Å². The molecule has 0 aromatic carbocycles. The largest absolute Gasteiger partial charge is 0.369 e. The summed E-state index contributed by atoms with van der Waals surface area (Å²) < 4.78 is 0. The van der Waals surface area contributed by atoms with Crippen LogP contribution < -0.4 is 11.1 Å². The van der Waals surface area contributed by atoms with Crippen molar-refractivity contribution < 1.29 is 14.4 Å². The Morgan fingerprint density at radius 3 is 0.657 bits per heavy atom. The van der Waals surface area contributed by atoms with Crippen LogP contribution in [0.2, 0.25) is 0 Å². The van der Waals surface area contributed by atoms with Gasteiger partial charge in [-0.3, -0.25) is 14.4 Å². The van der Waals surface area contributed by atoms with E-state index in [1.165, 1.54) is 385 Å². The van der Waals surface area contributed by atoms with Crippen LogP contribution in [0.25, 0.3) is 0 Å². The molecule has 1 aliphatic rings. The summed E-state index contributed by atoms with van der Waals surface area (Å²) in [5.41, 5.74) is 3.66. The zero-order chi connectivity index (χ0) is 74.4. The Bertz CT molecular complexity index is 1690. The number of nitrogens with two attached hydrogens (primary N) is 1. The molecular formula is C93H186N6O3. The maximum absolute atomic E-state index is 16.0. The third-order valence-corrected chi connectivity index (χ3v) is 24.0. The fraction of sp³-hybridized carbons (Fsp3) is 0.968. The Labute approximate surface area is 640 Å². The van der Waals surface area contributed by atoms with Crippen LogP contribution in [0, 0.1) is 16.2 Å². The molecule has 1 aliphatic carbocycles. The van der Waals surface area contributed by atoms with Gasteiger partial charge in [-0.1, -0.05) is 409 Å². The molecule has 0 bridgehead atoms. The molecule has 0 aromatic rings. The number of unbranched alkanes of at least 4 members (excludes halogenated alkanes) is 54. The Balaban J connectivity index is 3.45. The van der Waals surface area contributed by atoms with Crippen LogP contribution in [0.4, 0.5) is 0 Å². The summed E-state index contributed by atoms with van der Waals surface area (Å²) in [4.78, 5) is 55.4. The molecule has 0 radical (unpaired) electrons. The number of primary amides is 1. The van der Waals surface area contributed by atoms with Gasteiger partial charge in [-0.05, 0) is 136 Å². The van der Waals surface area contributed by atoms with Gasteiger partial charge in [-0.25, -0.2) is 0 Å². The minimum absolute atomic E-state index is 0.0135. The van der Waals surface area contributed by atoms with Gasteiger partial charge in [0.05, 0.1) is 0 Å². The lowest BCUT2D eigenvalue weighted by molar-refractivity contribution is -0.158. The number of hydrogen-bond acceptors (Lipinski definition) is 6. The van der Waals surface area contributed by atoms with E-state index >= 15 is 9.59 Å². The summed E-state index contributed by atoms with van der Waals surface area (Å²) in [5, 5.41) is 3.45. The van der Waals surface area contributed by atoms with Crippen molar-refractivity contribution in [3.05, 3.63) is 0 Å². The highest BCUT2D eigenvalue weighted by atomic mass is 16.2. The van der Waals surface area contributed by atoms with Crippen molar-refractivity contribution in [2.75, 3.05) is 78.5 Å². The number of rotatable bonds is 81. The fourth-order valence-electron chi connectivity index (χ4n) is 17.6. The molecule has 3 unspecified atom stereocenters. The molecule has 1 rings (SSSR count). The van der Waals surface area contributed by atoms with Gasteiger partial charge in [0.15, 0.2) is 0 Å². The Hall–Kier alpha value is -1.71. The first-order chi connectivity index (χ1) is 49.8. The highest BCUT2D eigenvalue weighted by molar-refractivity contribution is 5.90. The van der Waals surface area contributed by atoms with E-state index in [9.17, 15) is 4.79 Å². The molecule has 0 saturated heterocycles. The number of nitrogens with zero attached hydrogens (tertiary/aromatic N) is 4. The zero-order valence-electron chi connectivity index (χ0n) is 71.2. The summed E-state index contributed by atoms with van der Waals surface area (Å²) >= 11 is 0. The number of carbonyl (C=O) groups excluding carboxylic acids is 3. The predicted octanol–water partition coefficient (Wildman–Crippen LogP) is 27.2. The van der Waals surface area contributed by atoms with Gasteiger partial charge < -0.3 is 30.7 Å². The fourth-order valence-corrected chi connectivity index (χ4v) is 17.6. The average molecular weight is 1440 g/mol. The topological polar surface area (TPSA) is 102 Å². The summed E-state index contributed by atoms with van der Waals surface area (Å²) in [6, 6.07) is 0. The molecule has 0 aliphatic heterocycles. The SMILES string of the molecule is CCCCCCCCCCCCN(CCCCCCCCCCCC)CCCNC(=O)C1(C)CC(C)(C(N)=O)CC(C)(C(=O)N(CCCN(CCCCCCCCCCCC)CCCCCCCCCCCC)CCCN(CCCCCCCCCCCC)CCCCCCCCCCCC)C1. The van der Waals surface area contributed by atoms with Gasteiger partial charge in [0.1, 0.15) is 0 Å². The third-order valence-electron chi connectivity index (χ3n) is 24.0. The molecule has 0 spiro atoms. The molecule has 0 aromatic heterocycles. The average Bonchev–Trinajstić information content (AvgIpc) is 0.742. The number of hydrogen-bond donors (Lipinski definition) is 2. The summed E-state index contributed by atoms with van der Waals surface area (Å²) in [6.07, 6.45) is 85.1. The van der Waals surface area contributed by atoms with Crippen molar-refractivity contribution in [2.45, 2.75) is 486 Å². The van der Waals surface area contributed by atoms with Crippen LogP contribution in [0.15, 0.2) is 0 Å². The first kappa shape index (κ1) is 98.3. The second-order valence-corrected chi connectivity index (χ2v) is 34.8. The molecule has 1 saturated carbocycles. The monoisotopic (exact) mass is 1440 g/mol. The lowest BCUT2D eigenvalue weighted by atomic mass is 9.53. The lowest BCUT2D eigenvalue weighted by Gasteiger charge is -2.51. The van der Waals surface area contributed by atoms with E-state index in [0.717, 1.165) is 78.2 Å². The molecule has 0 heterocycles. The molecule has 3 N–H and O–H groups in total. The highest BCUT2D eigenvalue weighted by Gasteiger charge is 2.57. The first-order valence-electron chi connectivity index (χ1n) is 46.8. The lowest BCUT2D eigenvalue weighted by Crippen LogP contribution is -2.58. The molecule has 606 valence electrons. The van der Waals surface area contributed by atoms with Gasteiger partial charge in [0.25, 0.3) is 0 Å². The Kier molecular flexibility index (Phi) is 68.4. The van der Waals surface area contributed by atoms with Crippen molar-refractivity contribution in [3.8, 4) is 0 Å². The van der Waals surface area contributed by atoms with Crippen molar-refractivity contribution in [3.63, 3.8) is 0 Å². The van der Waals surface area contributed by atoms with Gasteiger partial charge >= 0.3 is 0 Å². The van der Waals surface area contributed by atoms with Crippen LogP contribution in [-0.4, -0.2) is 116 Å². The minimum atomic E-state index is -0.983. The predicted molar refractivity (Wildman–Crippen MR) is 451 cm³/mol.